The van der Waals surface area contributed by atoms with Crippen LogP contribution in [-0.2, 0) is 0 Å². The Morgan fingerprint density at radius 1 is 1.36 bits per heavy atom. The SMILES string of the molecule is CSc1ncc(/C=N\NC(=O)c2ccccc2[N+](=O)[O-])cn1. The van der Waals surface area contributed by atoms with Crippen LogP contribution in [0, 0.1) is 10.1 Å². The Morgan fingerprint density at radius 3 is 2.68 bits per heavy atom. The van der Waals surface area contributed by atoms with Crippen LogP contribution in [0.3, 0.4) is 0 Å². The fraction of sp³-hybridized carbons (Fsp3) is 0.0769. The number of thioether (sulfide) groups is 1. The molecule has 0 aliphatic heterocycles. The first kappa shape index (κ1) is 15.6. The second kappa shape index (κ2) is 7.27. The zero-order valence-electron chi connectivity index (χ0n) is 11.5. The van der Waals surface area contributed by atoms with Gasteiger partial charge in [-0.05, 0) is 12.3 Å². The summed E-state index contributed by atoms with van der Waals surface area (Å²) < 4.78 is 0. The molecule has 22 heavy (non-hydrogen) atoms. The molecule has 1 N–H and O–H groups in total. The smallest absolute Gasteiger partial charge is 0.267 e. The molecule has 1 aromatic heterocycles. The quantitative estimate of drug-likeness (QED) is 0.296. The molecule has 0 spiro atoms. The van der Waals surface area contributed by atoms with Crippen molar-refractivity contribution >= 4 is 29.6 Å². The minimum atomic E-state index is -0.662. The molecule has 0 atom stereocenters. The number of hydrogen-bond acceptors (Lipinski definition) is 7. The number of benzene rings is 1. The van der Waals surface area contributed by atoms with Crippen molar-refractivity contribution in [3.05, 3.63) is 57.9 Å². The summed E-state index contributed by atoms with van der Waals surface area (Å²) in [5, 5.41) is 15.2. The highest BCUT2D eigenvalue weighted by Gasteiger charge is 2.18. The number of carbonyl (C=O) groups excluding carboxylic acids is 1. The lowest BCUT2D eigenvalue weighted by Gasteiger charge is -2.01. The number of nitro benzene ring substituents is 1. The van der Waals surface area contributed by atoms with Crippen LogP contribution in [0.1, 0.15) is 15.9 Å². The largest absolute Gasteiger partial charge is 0.282 e. The van der Waals surface area contributed by atoms with Gasteiger partial charge in [0.15, 0.2) is 5.16 Å². The number of rotatable bonds is 5. The zero-order valence-corrected chi connectivity index (χ0v) is 12.3. The Balaban J connectivity index is 2.06. The number of hydrogen-bond donors (Lipinski definition) is 1. The zero-order chi connectivity index (χ0) is 15.9. The Morgan fingerprint density at radius 2 is 2.05 bits per heavy atom. The Bertz CT molecular complexity index is 718. The summed E-state index contributed by atoms with van der Waals surface area (Å²) in [4.78, 5) is 30.2. The van der Waals surface area contributed by atoms with E-state index in [4.69, 9.17) is 0 Å². The van der Waals surface area contributed by atoms with Gasteiger partial charge in [0.25, 0.3) is 11.6 Å². The highest BCUT2D eigenvalue weighted by atomic mass is 32.2. The van der Waals surface area contributed by atoms with E-state index in [2.05, 4.69) is 20.5 Å². The van der Waals surface area contributed by atoms with E-state index in [0.29, 0.717) is 10.7 Å². The molecule has 0 aliphatic rings. The number of nitrogens with one attached hydrogen (secondary N) is 1. The van der Waals surface area contributed by atoms with Crippen molar-refractivity contribution in [2.45, 2.75) is 5.16 Å². The van der Waals surface area contributed by atoms with Crippen LogP contribution in [0.2, 0.25) is 0 Å². The third-order valence-electron chi connectivity index (χ3n) is 2.56. The van der Waals surface area contributed by atoms with Gasteiger partial charge in [-0.3, -0.25) is 14.9 Å². The number of amides is 1. The van der Waals surface area contributed by atoms with Gasteiger partial charge in [-0.1, -0.05) is 23.9 Å². The van der Waals surface area contributed by atoms with Gasteiger partial charge in [0.1, 0.15) is 5.56 Å². The van der Waals surface area contributed by atoms with Gasteiger partial charge in [0.2, 0.25) is 0 Å². The van der Waals surface area contributed by atoms with Crippen molar-refractivity contribution < 1.29 is 9.72 Å². The van der Waals surface area contributed by atoms with Crippen LogP contribution in [0.4, 0.5) is 5.69 Å². The summed E-state index contributed by atoms with van der Waals surface area (Å²) in [6.45, 7) is 0. The molecule has 2 aromatic rings. The first-order valence-corrected chi connectivity index (χ1v) is 7.27. The van der Waals surface area contributed by atoms with E-state index in [1.807, 2.05) is 6.26 Å². The summed E-state index contributed by atoms with van der Waals surface area (Å²) >= 11 is 1.41. The summed E-state index contributed by atoms with van der Waals surface area (Å²) in [7, 11) is 0. The van der Waals surface area contributed by atoms with Crippen molar-refractivity contribution in [3.63, 3.8) is 0 Å². The van der Waals surface area contributed by atoms with Gasteiger partial charge in [-0.2, -0.15) is 5.10 Å². The number of nitro groups is 1. The lowest BCUT2D eigenvalue weighted by molar-refractivity contribution is -0.385. The molecule has 9 heteroatoms. The Hall–Kier alpha value is -2.81. The van der Waals surface area contributed by atoms with Gasteiger partial charge < -0.3 is 0 Å². The van der Waals surface area contributed by atoms with Gasteiger partial charge >= 0.3 is 0 Å². The normalized spacial score (nSPS) is 10.6. The molecule has 1 aromatic carbocycles. The second-order valence-corrected chi connectivity index (χ2v) is 4.75. The van der Waals surface area contributed by atoms with E-state index in [0.717, 1.165) is 0 Å². The van der Waals surface area contributed by atoms with Crippen molar-refractivity contribution in [3.8, 4) is 0 Å². The second-order valence-electron chi connectivity index (χ2n) is 3.98. The third-order valence-corrected chi connectivity index (χ3v) is 3.13. The summed E-state index contributed by atoms with van der Waals surface area (Å²) in [6.07, 6.45) is 6.33. The standard InChI is InChI=1S/C13H11N5O3S/c1-22-13-14-6-9(7-15-13)8-16-17-12(19)10-4-2-3-5-11(10)18(20)21/h2-8H,1H3,(H,17,19)/b16-8-. The highest BCUT2D eigenvalue weighted by Crippen LogP contribution is 2.17. The monoisotopic (exact) mass is 317 g/mol. The minimum absolute atomic E-state index is 0.0568. The fourth-order valence-electron chi connectivity index (χ4n) is 1.55. The Labute approximate surface area is 129 Å². The summed E-state index contributed by atoms with van der Waals surface area (Å²) in [5.41, 5.74) is 2.50. The molecule has 1 heterocycles. The molecular formula is C13H11N5O3S. The first-order chi connectivity index (χ1) is 10.6. The predicted molar refractivity (Wildman–Crippen MR) is 82.0 cm³/mol. The predicted octanol–water partition coefficient (Wildman–Crippen LogP) is 1.87. The number of carbonyl (C=O) groups is 1. The van der Waals surface area contributed by atoms with Gasteiger partial charge in [0.05, 0.1) is 11.1 Å². The molecule has 0 saturated carbocycles. The van der Waals surface area contributed by atoms with E-state index in [1.54, 1.807) is 18.5 Å². The maximum atomic E-state index is 11.9. The van der Waals surface area contributed by atoms with E-state index in [-0.39, 0.29) is 11.3 Å². The average Bonchev–Trinajstić information content (AvgIpc) is 2.55. The van der Waals surface area contributed by atoms with Gasteiger partial charge in [-0.15, -0.1) is 0 Å². The van der Waals surface area contributed by atoms with Crippen LogP contribution in [0.5, 0.6) is 0 Å². The molecule has 0 saturated heterocycles. The van der Waals surface area contributed by atoms with Crippen molar-refractivity contribution in [1.82, 2.24) is 15.4 Å². The molecule has 1 amide bonds. The molecule has 2 rings (SSSR count). The lowest BCUT2D eigenvalue weighted by atomic mass is 10.2. The van der Waals surface area contributed by atoms with E-state index in [1.165, 1.54) is 36.2 Å². The van der Waals surface area contributed by atoms with Crippen LogP contribution >= 0.6 is 11.8 Å². The molecule has 0 fully saturated rings. The molecule has 0 aliphatic carbocycles. The molecule has 0 unspecified atom stereocenters. The van der Waals surface area contributed by atoms with Crippen LogP contribution in [0.25, 0.3) is 0 Å². The molecular weight excluding hydrogens is 306 g/mol. The van der Waals surface area contributed by atoms with Crippen molar-refractivity contribution in [2.75, 3.05) is 6.26 Å². The lowest BCUT2D eigenvalue weighted by Crippen LogP contribution is -2.19. The van der Waals surface area contributed by atoms with Crippen LogP contribution in [0.15, 0.2) is 46.9 Å². The van der Waals surface area contributed by atoms with Crippen molar-refractivity contribution in [1.29, 1.82) is 0 Å². The maximum absolute atomic E-state index is 11.9. The van der Waals surface area contributed by atoms with Gasteiger partial charge in [-0.25, -0.2) is 15.4 Å². The molecule has 0 radical (unpaired) electrons. The molecule has 0 bridgehead atoms. The van der Waals surface area contributed by atoms with Crippen LogP contribution in [-0.4, -0.2) is 33.3 Å². The number of hydrazone groups is 1. The minimum Gasteiger partial charge on any atom is -0.267 e. The average molecular weight is 317 g/mol. The van der Waals surface area contributed by atoms with Crippen LogP contribution < -0.4 is 5.43 Å². The number of nitrogens with zero attached hydrogens (tertiary/aromatic N) is 4. The third kappa shape index (κ3) is 3.85. The number of aromatic nitrogens is 2. The fourth-order valence-corrected chi connectivity index (χ4v) is 1.86. The van der Waals surface area contributed by atoms with E-state index in [9.17, 15) is 14.9 Å². The van der Waals surface area contributed by atoms with E-state index < -0.39 is 10.8 Å². The molecule has 112 valence electrons. The Kier molecular flexibility index (Phi) is 5.15. The molecule has 8 nitrogen and oxygen atoms in total. The van der Waals surface area contributed by atoms with Gasteiger partial charge in [0, 0.05) is 24.0 Å². The van der Waals surface area contributed by atoms with Crippen molar-refractivity contribution in [2.24, 2.45) is 5.10 Å². The number of para-hydroxylation sites is 1. The highest BCUT2D eigenvalue weighted by molar-refractivity contribution is 7.98. The van der Waals surface area contributed by atoms with E-state index >= 15 is 0 Å². The summed E-state index contributed by atoms with van der Waals surface area (Å²) in [5.74, 6) is -0.662. The maximum Gasteiger partial charge on any atom is 0.282 e. The topological polar surface area (TPSA) is 110 Å². The summed E-state index contributed by atoms with van der Waals surface area (Å²) in [6, 6.07) is 5.65. The first-order valence-electron chi connectivity index (χ1n) is 6.04.